The molecular formula is C9H14N2O3. The molecule has 1 unspecified atom stereocenters. The van der Waals surface area contributed by atoms with Gasteiger partial charge < -0.3 is 14.5 Å². The van der Waals surface area contributed by atoms with Gasteiger partial charge in [0, 0.05) is 0 Å². The van der Waals surface area contributed by atoms with Crippen molar-refractivity contribution >= 4 is 0 Å². The first-order chi connectivity index (χ1) is 6.69. The number of aromatic amines is 1. The Labute approximate surface area is 82.1 Å². The van der Waals surface area contributed by atoms with Crippen LogP contribution in [0.25, 0.3) is 0 Å². The first-order valence-corrected chi connectivity index (χ1v) is 4.47. The lowest BCUT2D eigenvalue weighted by atomic mass is 10.3. The highest BCUT2D eigenvalue weighted by Crippen LogP contribution is 2.19. The standard InChI is InChI=1S/C9H14N2O3/c1-4-6(2)14-9-7(13-3)8(12)10-5-11-9/h5-6H,4H2,1-3H3,(H,10,11,12). The van der Waals surface area contributed by atoms with E-state index in [1.54, 1.807) is 0 Å². The third-order valence-electron chi connectivity index (χ3n) is 1.87. The fraction of sp³-hybridized carbons (Fsp3) is 0.556. The van der Waals surface area contributed by atoms with Gasteiger partial charge in [-0.3, -0.25) is 4.79 Å². The Hall–Kier alpha value is -1.52. The number of methoxy groups -OCH3 is 1. The van der Waals surface area contributed by atoms with Crippen molar-refractivity contribution in [2.75, 3.05) is 7.11 Å². The van der Waals surface area contributed by atoms with Crippen molar-refractivity contribution in [3.8, 4) is 11.6 Å². The zero-order chi connectivity index (χ0) is 10.6. The molecule has 1 aromatic rings. The lowest BCUT2D eigenvalue weighted by Crippen LogP contribution is -2.16. The molecule has 0 amide bonds. The maximum Gasteiger partial charge on any atom is 0.297 e. The Kier molecular flexibility index (Phi) is 3.50. The molecule has 0 saturated carbocycles. The van der Waals surface area contributed by atoms with Crippen LogP contribution in [0.4, 0.5) is 0 Å². The Bertz CT molecular complexity index is 348. The van der Waals surface area contributed by atoms with Crippen LogP contribution in [0.15, 0.2) is 11.1 Å². The topological polar surface area (TPSA) is 64.2 Å². The van der Waals surface area contributed by atoms with Crippen LogP contribution in [-0.4, -0.2) is 23.2 Å². The summed E-state index contributed by atoms with van der Waals surface area (Å²) in [5.41, 5.74) is -0.333. The minimum absolute atomic E-state index is 0.0122. The van der Waals surface area contributed by atoms with E-state index in [4.69, 9.17) is 9.47 Å². The van der Waals surface area contributed by atoms with Crippen molar-refractivity contribution < 1.29 is 9.47 Å². The van der Waals surface area contributed by atoms with E-state index in [-0.39, 0.29) is 23.3 Å². The van der Waals surface area contributed by atoms with Crippen molar-refractivity contribution in [2.45, 2.75) is 26.4 Å². The molecule has 0 aliphatic heterocycles. The van der Waals surface area contributed by atoms with Crippen LogP contribution >= 0.6 is 0 Å². The molecule has 14 heavy (non-hydrogen) atoms. The fourth-order valence-electron chi connectivity index (χ4n) is 0.909. The molecule has 1 heterocycles. The van der Waals surface area contributed by atoms with Crippen molar-refractivity contribution in [2.24, 2.45) is 0 Å². The van der Waals surface area contributed by atoms with Gasteiger partial charge in [0.1, 0.15) is 0 Å². The van der Waals surface area contributed by atoms with Gasteiger partial charge in [0.15, 0.2) is 0 Å². The number of hydrogen-bond acceptors (Lipinski definition) is 4. The van der Waals surface area contributed by atoms with Crippen LogP contribution in [0.2, 0.25) is 0 Å². The highest BCUT2D eigenvalue weighted by atomic mass is 16.5. The summed E-state index contributed by atoms with van der Waals surface area (Å²) in [6, 6.07) is 0. The minimum Gasteiger partial charge on any atom is -0.487 e. The van der Waals surface area contributed by atoms with Crippen molar-refractivity contribution in [3.05, 3.63) is 16.7 Å². The smallest absolute Gasteiger partial charge is 0.297 e. The second-order valence-corrected chi connectivity index (χ2v) is 2.91. The lowest BCUT2D eigenvalue weighted by molar-refractivity contribution is 0.197. The Morgan fingerprint density at radius 3 is 2.93 bits per heavy atom. The van der Waals surface area contributed by atoms with E-state index < -0.39 is 0 Å². The molecule has 1 rings (SSSR count). The van der Waals surface area contributed by atoms with E-state index in [1.165, 1.54) is 13.4 Å². The lowest BCUT2D eigenvalue weighted by Gasteiger charge is -2.12. The Balaban J connectivity index is 2.96. The largest absolute Gasteiger partial charge is 0.487 e. The summed E-state index contributed by atoms with van der Waals surface area (Å²) in [6.07, 6.45) is 2.15. The fourth-order valence-corrected chi connectivity index (χ4v) is 0.909. The maximum absolute atomic E-state index is 11.2. The zero-order valence-electron chi connectivity index (χ0n) is 8.53. The molecule has 1 N–H and O–H groups in total. The number of nitrogens with zero attached hydrogens (tertiary/aromatic N) is 1. The number of hydrogen-bond donors (Lipinski definition) is 1. The number of ether oxygens (including phenoxy) is 2. The average molecular weight is 198 g/mol. The Morgan fingerprint density at radius 1 is 1.64 bits per heavy atom. The van der Waals surface area contributed by atoms with Crippen molar-refractivity contribution in [3.63, 3.8) is 0 Å². The SMILES string of the molecule is CCC(C)Oc1nc[nH]c(=O)c1OC. The highest BCUT2D eigenvalue weighted by Gasteiger charge is 2.12. The van der Waals surface area contributed by atoms with Crippen LogP contribution in [0.1, 0.15) is 20.3 Å². The average Bonchev–Trinajstić information content (AvgIpc) is 2.18. The molecule has 1 aromatic heterocycles. The van der Waals surface area contributed by atoms with Crippen molar-refractivity contribution in [1.29, 1.82) is 0 Å². The molecule has 5 heteroatoms. The predicted octanol–water partition coefficient (Wildman–Crippen LogP) is 0.956. The van der Waals surface area contributed by atoms with Gasteiger partial charge in [-0.05, 0) is 13.3 Å². The molecule has 0 bridgehead atoms. The molecular weight excluding hydrogens is 184 g/mol. The molecule has 78 valence electrons. The van der Waals surface area contributed by atoms with Crippen molar-refractivity contribution in [1.82, 2.24) is 9.97 Å². The quantitative estimate of drug-likeness (QED) is 0.782. The summed E-state index contributed by atoms with van der Waals surface area (Å²) < 4.78 is 10.3. The molecule has 5 nitrogen and oxygen atoms in total. The highest BCUT2D eigenvalue weighted by molar-refractivity contribution is 5.29. The second-order valence-electron chi connectivity index (χ2n) is 2.91. The second kappa shape index (κ2) is 4.64. The van der Waals surface area contributed by atoms with Gasteiger partial charge in [-0.25, -0.2) is 4.98 Å². The Morgan fingerprint density at radius 2 is 2.36 bits per heavy atom. The predicted molar refractivity (Wildman–Crippen MR) is 51.8 cm³/mol. The summed E-state index contributed by atoms with van der Waals surface area (Å²) in [4.78, 5) is 17.5. The number of rotatable bonds is 4. The first kappa shape index (κ1) is 10.6. The van der Waals surface area contributed by atoms with Gasteiger partial charge in [-0.1, -0.05) is 6.92 Å². The van der Waals surface area contributed by atoms with E-state index in [2.05, 4.69) is 9.97 Å². The van der Waals surface area contributed by atoms with Crippen LogP contribution in [-0.2, 0) is 0 Å². The minimum atomic E-state index is -0.333. The molecule has 0 spiro atoms. The molecule has 0 fully saturated rings. The third-order valence-corrected chi connectivity index (χ3v) is 1.87. The third kappa shape index (κ3) is 2.25. The molecule has 0 aliphatic rings. The monoisotopic (exact) mass is 198 g/mol. The van der Waals surface area contributed by atoms with Gasteiger partial charge in [0.25, 0.3) is 11.4 Å². The molecule has 1 atom stereocenters. The van der Waals surface area contributed by atoms with Gasteiger partial charge in [0.05, 0.1) is 19.5 Å². The summed E-state index contributed by atoms with van der Waals surface area (Å²) in [5.74, 6) is 0.360. The normalized spacial score (nSPS) is 12.2. The van der Waals surface area contributed by atoms with E-state index in [9.17, 15) is 4.79 Å². The number of H-pyrrole nitrogens is 1. The number of aromatic nitrogens is 2. The van der Waals surface area contributed by atoms with Gasteiger partial charge >= 0.3 is 0 Å². The van der Waals surface area contributed by atoms with E-state index in [0.717, 1.165) is 6.42 Å². The summed E-state index contributed by atoms with van der Waals surface area (Å²) >= 11 is 0. The summed E-state index contributed by atoms with van der Waals surface area (Å²) in [6.45, 7) is 3.90. The maximum atomic E-state index is 11.2. The van der Waals surface area contributed by atoms with Crippen LogP contribution in [0.5, 0.6) is 11.6 Å². The van der Waals surface area contributed by atoms with Crippen LogP contribution < -0.4 is 15.0 Å². The van der Waals surface area contributed by atoms with Gasteiger partial charge in [-0.15, -0.1) is 0 Å². The molecule has 0 saturated heterocycles. The van der Waals surface area contributed by atoms with E-state index in [1.807, 2.05) is 13.8 Å². The zero-order valence-corrected chi connectivity index (χ0v) is 8.53. The van der Waals surface area contributed by atoms with E-state index in [0.29, 0.717) is 0 Å². The van der Waals surface area contributed by atoms with Crippen LogP contribution in [0.3, 0.4) is 0 Å². The van der Waals surface area contributed by atoms with Gasteiger partial charge in [0.2, 0.25) is 5.75 Å². The molecule has 0 aliphatic carbocycles. The molecule has 0 aromatic carbocycles. The van der Waals surface area contributed by atoms with E-state index >= 15 is 0 Å². The van der Waals surface area contributed by atoms with Gasteiger partial charge in [-0.2, -0.15) is 0 Å². The summed E-state index contributed by atoms with van der Waals surface area (Å²) in [5, 5.41) is 0. The first-order valence-electron chi connectivity index (χ1n) is 4.47. The van der Waals surface area contributed by atoms with Crippen LogP contribution in [0, 0.1) is 0 Å². The molecule has 0 radical (unpaired) electrons. The number of nitrogens with one attached hydrogen (secondary N) is 1. The summed E-state index contributed by atoms with van der Waals surface area (Å²) in [7, 11) is 1.41.